The Morgan fingerprint density at radius 3 is 3.00 bits per heavy atom. The van der Waals surface area contributed by atoms with Gasteiger partial charge in [0, 0.05) is 36.0 Å². The molecule has 0 aliphatic carbocycles. The Kier molecular flexibility index (Phi) is 3.79. The van der Waals surface area contributed by atoms with Crippen molar-refractivity contribution < 1.29 is 4.74 Å². The summed E-state index contributed by atoms with van der Waals surface area (Å²) in [4.78, 5) is 0. The van der Waals surface area contributed by atoms with Crippen molar-refractivity contribution in [3.8, 4) is 5.75 Å². The maximum Gasteiger partial charge on any atom is 0.122 e. The molecular weight excluding hydrogens is 248 g/mol. The van der Waals surface area contributed by atoms with Crippen LogP contribution in [0.3, 0.4) is 0 Å². The van der Waals surface area contributed by atoms with Gasteiger partial charge in [0.1, 0.15) is 5.75 Å². The average molecular weight is 270 g/mol. The van der Waals surface area contributed by atoms with E-state index in [1.54, 1.807) is 0 Å². The molecule has 3 heteroatoms. The van der Waals surface area contributed by atoms with Gasteiger partial charge in [-0.1, -0.05) is 25.1 Å². The minimum Gasteiger partial charge on any atom is -0.493 e. The zero-order chi connectivity index (χ0) is 13.9. The minimum atomic E-state index is 0.382. The Morgan fingerprint density at radius 1 is 1.30 bits per heavy atom. The highest BCUT2D eigenvalue weighted by atomic mass is 16.5. The summed E-state index contributed by atoms with van der Waals surface area (Å²) in [5.74, 6) is 1.50. The Morgan fingerprint density at radius 2 is 2.15 bits per heavy atom. The van der Waals surface area contributed by atoms with E-state index in [1.165, 1.54) is 11.3 Å². The van der Waals surface area contributed by atoms with Crippen LogP contribution in [-0.4, -0.2) is 17.7 Å². The lowest BCUT2D eigenvalue weighted by molar-refractivity contribution is 0.317. The van der Waals surface area contributed by atoms with Gasteiger partial charge in [0.25, 0.3) is 0 Å². The first-order valence-corrected chi connectivity index (χ1v) is 7.39. The first kappa shape index (κ1) is 13.3. The van der Waals surface area contributed by atoms with Gasteiger partial charge in [0.15, 0.2) is 0 Å². The maximum absolute atomic E-state index is 5.78. The molecule has 20 heavy (non-hydrogen) atoms. The second-order valence-corrected chi connectivity index (χ2v) is 5.41. The smallest absolute Gasteiger partial charge is 0.122 e. The van der Waals surface area contributed by atoms with E-state index >= 15 is 0 Å². The molecule has 1 aromatic heterocycles. The third-order valence-corrected chi connectivity index (χ3v) is 4.03. The lowest BCUT2D eigenvalue weighted by Gasteiger charge is -2.18. The van der Waals surface area contributed by atoms with Crippen LogP contribution in [0.5, 0.6) is 5.75 Å². The van der Waals surface area contributed by atoms with Crippen molar-refractivity contribution in [2.24, 2.45) is 0 Å². The van der Waals surface area contributed by atoms with Crippen LogP contribution in [0.15, 0.2) is 42.6 Å². The summed E-state index contributed by atoms with van der Waals surface area (Å²) in [6.45, 7) is 7.11. The number of hydrogen-bond acceptors (Lipinski definition) is 2. The lowest BCUT2D eigenvalue weighted by Crippen LogP contribution is -2.22. The lowest BCUT2D eigenvalue weighted by atomic mass is 10.0. The van der Waals surface area contributed by atoms with Crippen LogP contribution in [0.2, 0.25) is 0 Å². The summed E-state index contributed by atoms with van der Waals surface area (Å²) in [6, 6.07) is 13.1. The maximum atomic E-state index is 5.78. The standard InChI is InChI=1S/C17H22N2O/c1-3-18-13(2)16-8-6-10-19(16)11-14-12-20-17-9-5-4-7-15(14)17/h4-10,13-14,18H,3,11-12H2,1-2H3. The molecule has 1 aliphatic heterocycles. The third kappa shape index (κ3) is 2.46. The largest absolute Gasteiger partial charge is 0.493 e. The highest BCUT2D eigenvalue weighted by Gasteiger charge is 2.24. The highest BCUT2D eigenvalue weighted by Crippen LogP contribution is 2.34. The average Bonchev–Trinajstić information content (AvgIpc) is 3.07. The quantitative estimate of drug-likeness (QED) is 0.902. The van der Waals surface area contributed by atoms with Crippen LogP contribution in [0.4, 0.5) is 0 Å². The van der Waals surface area contributed by atoms with Gasteiger partial charge in [-0.2, -0.15) is 0 Å². The predicted molar refractivity (Wildman–Crippen MR) is 81.2 cm³/mol. The van der Waals surface area contributed by atoms with Gasteiger partial charge in [0.2, 0.25) is 0 Å². The van der Waals surface area contributed by atoms with Gasteiger partial charge in [-0.3, -0.25) is 0 Å². The van der Waals surface area contributed by atoms with Crippen molar-refractivity contribution in [3.05, 3.63) is 53.9 Å². The minimum absolute atomic E-state index is 0.382. The molecule has 0 bridgehead atoms. The summed E-state index contributed by atoms with van der Waals surface area (Å²) < 4.78 is 8.13. The SMILES string of the molecule is CCNC(C)c1cccn1CC1COc2ccccc21. The van der Waals surface area contributed by atoms with Crippen LogP contribution in [0, 0.1) is 0 Å². The number of rotatable bonds is 5. The van der Waals surface area contributed by atoms with E-state index in [0.717, 1.165) is 25.4 Å². The third-order valence-electron chi connectivity index (χ3n) is 4.03. The van der Waals surface area contributed by atoms with Gasteiger partial charge < -0.3 is 14.6 Å². The Hall–Kier alpha value is -1.74. The van der Waals surface area contributed by atoms with E-state index in [2.05, 4.69) is 60.3 Å². The van der Waals surface area contributed by atoms with E-state index in [-0.39, 0.29) is 0 Å². The van der Waals surface area contributed by atoms with Crippen molar-refractivity contribution in [3.63, 3.8) is 0 Å². The first-order chi connectivity index (χ1) is 9.79. The van der Waals surface area contributed by atoms with Gasteiger partial charge in [-0.25, -0.2) is 0 Å². The zero-order valence-corrected chi connectivity index (χ0v) is 12.2. The van der Waals surface area contributed by atoms with Crippen LogP contribution in [0.1, 0.15) is 37.1 Å². The molecule has 0 radical (unpaired) electrons. The van der Waals surface area contributed by atoms with E-state index in [0.29, 0.717) is 12.0 Å². The summed E-state index contributed by atoms with van der Waals surface area (Å²) in [6.07, 6.45) is 2.17. The Balaban J connectivity index is 1.78. The molecule has 0 spiro atoms. The Bertz CT molecular complexity index is 576. The van der Waals surface area contributed by atoms with Crippen molar-refractivity contribution in [1.29, 1.82) is 0 Å². The number of aromatic nitrogens is 1. The number of para-hydroxylation sites is 1. The van der Waals surface area contributed by atoms with E-state index in [9.17, 15) is 0 Å². The Labute approximate surface area is 120 Å². The molecule has 0 amide bonds. The number of ether oxygens (including phenoxy) is 1. The molecule has 2 aromatic rings. The highest BCUT2D eigenvalue weighted by molar-refractivity contribution is 5.39. The summed E-state index contributed by atoms with van der Waals surface area (Å²) >= 11 is 0. The van der Waals surface area contributed by atoms with Gasteiger partial charge in [-0.15, -0.1) is 0 Å². The number of nitrogens with one attached hydrogen (secondary N) is 1. The van der Waals surface area contributed by atoms with E-state index < -0.39 is 0 Å². The monoisotopic (exact) mass is 270 g/mol. The van der Waals surface area contributed by atoms with Gasteiger partial charge in [0.05, 0.1) is 6.61 Å². The number of benzene rings is 1. The number of fused-ring (bicyclic) bond motifs is 1. The van der Waals surface area contributed by atoms with Gasteiger partial charge in [-0.05, 0) is 31.7 Å². The first-order valence-electron chi connectivity index (χ1n) is 7.39. The van der Waals surface area contributed by atoms with Crippen molar-refractivity contribution in [2.75, 3.05) is 13.2 Å². The molecule has 0 saturated heterocycles. The number of hydrogen-bond donors (Lipinski definition) is 1. The molecule has 1 aliphatic rings. The summed E-state index contributed by atoms with van der Waals surface area (Å²) in [7, 11) is 0. The van der Waals surface area contributed by atoms with Gasteiger partial charge >= 0.3 is 0 Å². The fourth-order valence-electron chi connectivity index (χ4n) is 3.02. The van der Waals surface area contributed by atoms with Crippen LogP contribution < -0.4 is 10.1 Å². The second-order valence-electron chi connectivity index (χ2n) is 5.41. The molecule has 2 unspecified atom stereocenters. The van der Waals surface area contributed by atoms with Crippen LogP contribution in [0.25, 0.3) is 0 Å². The normalized spacial score (nSPS) is 18.6. The molecule has 1 N–H and O–H groups in total. The molecule has 3 rings (SSSR count). The molecule has 0 fully saturated rings. The fourth-order valence-corrected chi connectivity index (χ4v) is 3.02. The molecule has 106 valence electrons. The van der Waals surface area contributed by atoms with Crippen molar-refractivity contribution in [2.45, 2.75) is 32.4 Å². The molecule has 0 saturated carbocycles. The topological polar surface area (TPSA) is 26.2 Å². The van der Waals surface area contributed by atoms with Crippen LogP contribution in [-0.2, 0) is 6.54 Å². The van der Waals surface area contributed by atoms with E-state index in [1.807, 2.05) is 6.07 Å². The predicted octanol–water partition coefficient (Wildman–Crippen LogP) is 3.33. The zero-order valence-electron chi connectivity index (χ0n) is 12.2. The number of nitrogens with zero attached hydrogens (tertiary/aromatic N) is 1. The summed E-state index contributed by atoms with van der Waals surface area (Å²) in [5.41, 5.74) is 2.68. The van der Waals surface area contributed by atoms with E-state index in [4.69, 9.17) is 4.74 Å². The van der Waals surface area contributed by atoms with Crippen LogP contribution >= 0.6 is 0 Å². The summed E-state index contributed by atoms with van der Waals surface area (Å²) in [5, 5.41) is 3.48. The molecule has 1 aromatic carbocycles. The molecule has 2 heterocycles. The molecule has 3 nitrogen and oxygen atoms in total. The van der Waals surface area contributed by atoms with Crippen molar-refractivity contribution >= 4 is 0 Å². The second kappa shape index (κ2) is 5.71. The molecule has 2 atom stereocenters. The van der Waals surface area contributed by atoms with Crippen molar-refractivity contribution in [1.82, 2.24) is 9.88 Å². The fraction of sp³-hybridized carbons (Fsp3) is 0.412. The molecular formula is C17H22N2O.